The van der Waals surface area contributed by atoms with Crippen LogP contribution in [0, 0.1) is 0 Å². The van der Waals surface area contributed by atoms with E-state index in [0.29, 0.717) is 28.0 Å². The van der Waals surface area contributed by atoms with Gasteiger partial charge in [-0.1, -0.05) is 23.2 Å². The second kappa shape index (κ2) is 4.23. The molecule has 0 spiro atoms. The molecule has 78 valence electrons. The van der Waals surface area contributed by atoms with Crippen LogP contribution >= 0.6 is 23.2 Å². The molecule has 5 heteroatoms. The second-order valence-corrected chi connectivity index (χ2v) is 3.80. The Bertz CT molecular complexity index is 482. The van der Waals surface area contributed by atoms with E-state index in [0.717, 1.165) is 5.56 Å². The molecule has 1 heterocycles. The molecular formula is C10H8Cl2N2O. The molecule has 0 radical (unpaired) electrons. The van der Waals surface area contributed by atoms with Gasteiger partial charge in [0.15, 0.2) is 12.2 Å². The molecule has 0 aliphatic rings. The van der Waals surface area contributed by atoms with Crippen LogP contribution in [0.15, 0.2) is 29.0 Å². The third kappa shape index (κ3) is 2.00. The van der Waals surface area contributed by atoms with Crippen LogP contribution in [0.2, 0.25) is 10.0 Å². The number of nitrogens with two attached hydrogens (primary N) is 1. The summed E-state index contributed by atoms with van der Waals surface area (Å²) in [5.41, 5.74) is 6.95. The highest BCUT2D eigenvalue weighted by molar-refractivity contribution is 6.36. The zero-order chi connectivity index (χ0) is 10.8. The highest BCUT2D eigenvalue weighted by Crippen LogP contribution is 2.31. The van der Waals surface area contributed by atoms with Crippen LogP contribution in [-0.4, -0.2) is 4.98 Å². The van der Waals surface area contributed by atoms with Gasteiger partial charge < -0.3 is 10.2 Å². The van der Waals surface area contributed by atoms with Gasteiger partial charge in [-0.05, 0) is 18.2 Å². The van der Waals surface area contributed by atoms with Crippen molar-refractivity contribution >= 4 is 23.2 Å². The summed E-state index contributed by atoms with van der Waals surface area (Å²) in [6, 6.07) is 5.18. The van der Waals surface area contributed by atoms with Gasteiger partial charge in [-0.15, -0.1) is 0 Å². The molecule has 0 unspecified atom stereocenters. The number of hydrogen-bond acceptors (Lipinski definition) is 3. The van der Waals surface area contributed by atoms with Crippen LogP contribution in [0.4, 0.5) is 0 Å². The largest absolute Gasteiger partial charge is 0.443 e. The Labute approximate surface area is 96.8 Å². The first-order chi connectivity index (χ1) is 7.22. The lowest BCUT2D eigenvalue weighted by atomic mass is 10.1. The molecule has 2 rings (SSSR count). The van der Waals surface area contributed by atoms with Gasteiger partial charge in [0.25, 0.3) is 0 Å². The number of hydrogen-bond donors (Lipinski definition) is 1. The molecule has 0 fully saturated rings. The van der Waals surface area contributed by atoms with Crippen molar-refractivity contribution in [2.45, 2.75) is 6.54 Å². The first kappa shape index (κ1) is 10.5. The van der Waals surface area contributed by atoms with Crippen LogP contribution < -0.4 is 5.73 Å². The number of benzene rings is 1. The van der Waals surface area contributed by atoms with Gasteiger partial charge in [0.1, 0.15) is 5.69 Å². The van der Waals surface area contributed by atoms with Crippen molar-refractivity contribution < 1.29 is 4.42 Å². The minimum absolute atomic E-state index is 0.310. The fourth-order valence-corrected chi connectivity index (χ4v) is 1.80. The SMILES string of the molecule is NCc1ncoc1-c1ccc(Cl)cc1Cl. The quantitative estimate of drug-likeness (QED) is 0.881. The van der Waals surface area contributed by atoms with Crippen LogP contribution in [0.5, 0.6) is 0 Å². The van der Waals surface area contributed by atoms with E-state index in [1.807, 2.05) is 0 Å². The molecule has 15 heavy (non-hydrogen) atoms. The average Bonchev–Trinajstić information content (AvgIpc) is 2.65. The van der Waals surface area contributed by atoms with Crippen LogP contribution in [-0.2, 0) is 6.54 Å². The first-order valence-electron chi connectivity index (χ1n) is 4.30. The number of oxazole rings is 1. The molecule has 0 saturated carbocycles. The van der Waals surface area contributed by atoms with Gasteiger partial charge in [-0.25, -0.2) is 4.98 Å². The molecule has 1 aromatic carbocycles. The van der Waals surface area contributed by atoms with Crippen molar-refractivity contribution in [3.05, 3.63) is 40.3 Å². The fourth-order valence-electron chi connectivity index (χ4n) is 1.31. The van der Waals surface area contributed by atoms with E-state index in [4.69, 9.17) is 33.4 Å². The monoisotopic (exact) mass is 242 g/mol. The summed E-state index contributed by atoms with van der Waals surface area (Å²) in [5.74, 6) is 0.596. The normalized spacial score (nSPS) is 10.6. The minimum Gasteiger partial charge on any atom is -0.443 e. The van der Waals surface area contributed by atoms with E-state index >= 15 is 0 Å². The summed E-state index contributed by atoms with van der Waals surface area (Å²) >= 11 is 11.8. The lowest BCUT2D eigenvalue weighted by Gasteiger charge is -2.02. The van der Waals surface area contributed by atoms with Crippen LogP contribution in [0.1, 0.15) is 5.69 Å². The summed E-state index contributed by atoms with van der Waals surface area (Å²) in [6.45, 7) is 0.310. The molecule has 0 aliphatic heterocycles. The maximum atomic E-state index is 6.04. The Morgan fingerprint density at radius 3 is 2.80 bits per heavy atom. The van der Waals surface area contributed by atoms with E-state index in [2.05, 4.69) is 4.98 Å². The number of aromatic nitrogens is 1. The van der Waals surface area contributed by atoms with Gasteiger partial charge in [0.05, 0.1) is 5.02 Å². The third-order valence-electron chi connectivity index (χ3n) is 2.01. The molecule has 1 aromatic heterocycles. The summed E-state index contributed by atoms with van der Waals surface area (Å²) in [6.07, 6.45) is 1.35. The van der Waals surface area contributed by atoms with E-state index in [9.17, 15) is 0 Å². The van der Waals surface area contributed by atoms with Crippen LogP contribution in [0.3, 0.4) is 0 Å². The van der Waals surface area contributed by atoms with Gasteiger partial charge in [-0.2, -0.15) is 0 Å². The fraction of sp³-hybridized carbons (Fsp3) is 0.100. The maximum absolute atomic E-state index is 6.04. The molecule has 3 nitrogen and oxygen atoms in total. The molecule has 0 bridgehead atoms. The molecule has 0 amide bonds. The Morgan fingerprint density at radius 1 is 1.33 bits per heavy atom. The Balaban J connectivity index is 2.54. The van der Waals surface area contributed by atoms with Crippen molar-refractivity contribution in [3.8, 4) is 11.3 Å². The Kier molecular flexibility index (Phi) is 2.95. The predicted octanol–water partition coefficient (Wildman–Crippen LogP) is 3.11. The van der Waals surface area contributed by atoms with Crippen molar-refractivity contribution in [1.82, 2.24) is 4.98 Å². The lowest BCUT2D eigenvalue weighted by molar-refractivity contribution is 0.571. The van der Waals surface area contributed by atoms with Gasteiger partial charge in [-0.3, -0.25) is 0 Å². The van der Waals surface area contributed by atoms with E-state index in [-0.39, 0.29) is 0 Å². The smallest absolute Gasteiger partial charge is 0.181 e. The summed E-state index contributed by atoms with van der Waals surface area (Å²) in [5, 5.41) is 1.10. The van der Waals surface area contributed by atoms with E-state index in [1.165, 1.54) is 6.39 Å². The summed E-state index contributed by atoms with van der Waals surface area (Å²) in [4.78, 5) is 3.99. The number of rotatable bonds is 2. The topological polar surface area (TPSA) is 52.0 Å². The Morgan fingerprint density at radius 2 is 2.13 bits per heavy atom. The van der Waals surface area contributed by atoms with Crippen molar-refractivity contribution in [3.63, 3.8) is 0 Å². The van der Waals surface area contributed by atoms with Gasteiger partial charge in [0.2, 0.25) is 0 Å². The van der Waals surface area contributed by atoms with Gasteiger partial charge in [0, 0.05) is 17.1 Å². The van der Waals surface area contributed by atoms with Crippen molar-refractivity contribution in [1.29, 1.82) is 0 Å². The number of halogens is 2. The second-order valence-electron chi connectivity index (χ2n) is 2.96. The van der Waals surface area contributed by atoms with Crippen LogP contribution in [0.25, 0.3) is 11.3 Å². The molecular weight excluding hydrogens is 235 g/mol. The Hall–Kier alpha value is -1.03. The molecule has 2 N–H and O–H groups in total. The minimum atomic E-state index is 0.310. The van der Waals surface area contributed by atoms with E-state index < -0.39 is 0 Å². The average molecular weight is 243 g/mol. The van der Waals surface area contributed by atoms with E-state index in [1.54, 1.807) is 18.2 Å². The summed E-state index contributed by atoms with van der Waals surface area (Å²) in [7, 11) is 0. The highest BCUT2D eigenvalue weighted by Gasteiger charge is 2.12. The standard InChI is InChI=1S/C10H8Cl2N2O/c11-6-1-2-7(8(12)3-6)10-9(4-13)14-5-15-10/h1-3,5H,4,13H2. The highest BCUT2D eigenvalue weighted by atomic mass is 35.5. The molecule has 2 aromatic rings. The predicted molar refractivity (Wildman–Crippen MR) is 59.9 cm³/mol. The molecule has 0 aliphatic carbocycles. The zero-order valence-electron chi connectivity index (χ0n) is 7.71. The molecule has 0 atom stereocenters. The van der Waals surface area contributed by atoms with Gasteiger partial charge >= 0.3 is 0 Å². The van der Waals surface area contributed by atoms with Crippen molar-refractivity contribution in [2.75, 3.05) is 0 Å². The maximum Gasteiger partial charge on any atom is 0.181 e. The van der Waals surface area contributed by atoms with Crippen molar-refractivity contribution in [2.24, 2.45) is 5.73 Å². The zero-order valence-corrected chi connectivity index (χ0v) is 9.22. The first-order valence-corrected chi connectivity index (χ1v) is 5.06. The third-order valence-corrected chi connectivity index (χ3v) is 2.56. The molecule has 0 saturated heterocycles. The summed E-state index contributed by atoms with van der Waals surface area (Å²) < 4.78 is 5.24. The number of nitrogens with zero attached hydrogens (tertiary/aromatic N) is 1. The lowest BCUT2D eigenvalue weighted by Crippen LogP contribution is -1.98.